The van der Waals surface area contributed by atoms with Crippen LogP contribution >= 0.6 is 0 Å². The molecule has 0 aromatic rings. The van der Waals surface area contributed by atoms with E-state index in [0.29, 0.717) is 0 Å². The SMILES string of the molecule is COC(=O)N1CCN(C(=O)C(C(F)(F)F)C(F)(F)F)C1=O. The summed E-state index contributed by atoms with van der Waals surface area (Å²) in [5, 5.41) is 0. The minimum Gasteiger partial charge on any atom is -0.452 e. The summed E-state index contributed by atoms with van der Waals surface area (Å²) in [6.45, 7) is -1.34. The van der Waals surface area contributed by atoms with E-state index >= 15 is 0 Å². The molecule has 0 saturated carbocycles. The molecule has 0 aromatic heterocycles. The Hall–Kier alpha value is -2.01. The quantitative estimate of drug-likeness (QED) is 0.690. The van der Waals surface area contributed by atoms with E-state index in [2.05, 4.69) is 4.74 Å². The van der Waals surface area contributed by atoms with E-state index in [-0.39, 0.29) is 9.80 Å². The number of nitrogens with zero attached hydrogens (tertiary/aromatic N) is 2. The second-order valence-corrected chi connectivity index (χ2v) is 3.91. The van der Waals surface area contributed by atoms with Crippen LogP contribution in [-0.4, -0.2) is 60.4 Å². The van der Waals surface area contributed by atoms with E-state index in [9.17, 15) is 40.7 Å². The highest BCUT2D eigenvalue weighted by molar-refractivity contribution is 6.03. The van der Waals surface area contributed by atoms with E-state index in [1.54, 1.807) is 0 Å². The average Bonchev–Trinajstić information content (AvgIpc) is 2.66. The number of halogens is 6. The fraction of sp³-hybridized carbons (Fsp3) is 0.667. The number of ether oxygens (including phenoxy) is 1. The van der Waals surface area contributed by atoms with Gasteiger partial charge in [-0.3, -0.25) is 9.69 Å². The van der Waals surface area contributed by atoms with Gasteiger partial charge in [0.2, 0.25) is 5.92 Å². The van der Waals surface area contributed by atoms with Gasteiger partial charge < -0.3 is 4.74 Å². The van der Waals surface area contributed by atoms with Gasteiger partial charge in [-0.05, 0) is 0 Å². The van der Waals surface area contributed by atoms with Crippen molar-refractivity contribution in [3.8, 4) is 0 Å². The minimum absolute atomic E-state index is 0.224. The standard InChI is InChI=1S/C9H8F6N2O4/c1-21-7(20)17-3-2-16(6(17)19)5(18)4(8(10,11)12)9(13,14)15/h4H,2-3H2,1H3. The number of urea groups is 1. The number of rotatable bonds is 1. The number of carbonyl (C=O) groups is 3. The van der Waals surface area contributed by atoms with Crippen LogP contribution in [0.25, 0.3) is 0 Å². The number of hydrogen-bond donors (Lipinski definition) is 0. The van der Waals surface area contributed by atoms with Crippen molar-refractivity contribution in [1.29, 1.82) is 0 Å². The van der Waals surface area contributed by atoms with Crippen LogP contribution in [0.5, 0.6) is 0 Å². The molecule has 12 heteroatoms. The second-order valence-electron chi connectivity index (χ2n) is 3.91. The fourth-order valence-electron chi connectivity index (χ4n) is 1.64. The lowest BCUT2D eigenvalue weighted by Gasteiger charge is -2.25. The first-order valence-electron chi connectivity index (χ1n) is 5.25. The topological polar surface area (TPSA) is 66.9 Å². The van der Waals surface area contributed by atoms with Crippen LogP contribution in [0.3, 0.4) is 0 Å². The molecule has 0 bridgehead atoms. The summed E-state index contributed by atoms with van der Waals surface area (Å²) in [5.74, 6) is -6.81. The van der Waals surface area contributed by atoms with Crippen LogP contribution in [0.1, 0.15) is 0 Å². The van der Waals surface area contributed by atoms with Crippen LogP contribution in [0.2, 0.25) is 0 Å². The summed E-state index contributed by atoms with van der Waals surface area (Å²) in [7, 11) is 0.855. The zero-order valence-electron chi connectivity index (χ0n) is 10.3. The first-order chi connectivity index (χ1) is 9.41. The lowest BCUT2D eigenvalue weighted by atomic mass is 10.1. The van der Waals surface area contributed by atoms with Gasteiger partial charge in [-0.2, -0.15) is 26.3 Å². The molecule has 1 aliphatic rings. The highest BCUT2D eigenvalue weighted by Crippen LogP contribution is 2.40. The fourth-order valence-corrected chi connectivity index (χ4v) is 1.64. The van der Waals surface area contributed by atoms with E-state index in [1.165, 1.54) is 0 Å². The summed E-state index contributed by atoms with van der Waals surface area (Å²) in [5.41, 5.74) is 0. The smallest absolute Gasteiger partial charge is 0.417 e. The number of imide groups is 2. The molecule has 0 aliphatic carbocycles. The molecule has 0 atom stereocenters. The van der Waals surface area contributed by atoms with Gasteiger partial charge in [-0.25, -0.2) is 14.5 Å². The lowest BCUT2D eigenvalue weighted by molar-refractivity contribution is -0.276. The van der Waals surface area contributed by atoms with Crippen LogP contribution < -0.4 is 0 Å². The van der Waals surface area contributed by atoms with Crippen LogP contribution in [0.15, 0.2) is 0 Å². The van der Waals surface area contributed by atoms with E-state index in [0.717, 1.165) is 7.11 Å². The van der Waals surface area contributed by atoms with Crippen molar-refractivity contribution in [3.63, 3.8) is 0 Å². The maximum atomic E-state index is 12.4. The first kappa shape index (κ1) is 17.0. The van der Waals surface area contributed by atoms with Crippen molar-refractivity contribution in [2.24, 2.45) is 5.92 Å². The molecule has 0 aromatic carbocycles. The largest absolute Gasteiger partial charge is 0.452 e. The van der Waals surface area contributed by atoms with Gasteiger partial charge in [0, 0.05) is 6.54 Å². The molecule has 6 nitrogen and oxygen atoms in total. The van der Waals surface area contributed by atoms with Crippen molar-refractivity contribution < 1.29 is 45.5 Å². The number of hydrogen-bond acceptors (Lipinski definition) is 4. The van der Waals surface area contributed by atoms with E-state index in [1.807, 2.05) is 0 Å². The van der Waals surface area contributed by atoms with Gasteiger partial charge >= 0.3 is 24.5 Å². The van der Waals surface area contributed by atoms with Crippen molar-refractivity contribution in [2.45, 2.75) is 12.4 Å². The summed E-state index contributed by atoms with van der Waals surface area (Å²) < 4.78 is 78.4. The zero-order chi connectivity index (χ0) is 16.6. The Morgan fingerprint density at radius 2 is 1.48 bits per heavy atom. The monoisotopic (exact) mass is 322 g/mol. The maximum Gasteiger partial charge on any atom is 0.417 e. The Bertz CT molecular complexity index is 446. The molecule has 0 N–H and O–H groups in total. The lowest BCUT2D eigenvalue weighted by Crippen LogP contribution is -2.51. The highest BCUT2D eigenvalue weighted by atomic mass is 19.4. The molecule has 0 unspecified atom stereocenters. The summed E-state index contributed by atoms with van der Waals surface area (Å²) in [6.07, 6.45) is -13.1. The van der Waals surface area contributed by atoms with Gasteiger partial charge in [0.15, 0.2) is 0 Å². The molecule has 0 radical (unpaired) electrons. The van der Waals surface area contributed by atoms with Gasteiger partial charge in [-0.1, -0.05) is 0 Å². The third kappa shape index (κ3) is 3.36. The second kappa shape index (κ2) is 5.41. The molecule has 4 amide bonds. The molecule has 1 aliphatic heterocycles. The number of carbonyl (C=O) groups excluding carboxylic acids is 3. The van der Waals surface area contributed by atoms with Crippen molar-refractivity contribution in [1.82, 2.24) is 9.80 Å². The number of methoxy groups -OCH3 is 1. The van der Waals surface area contributed by atoms with Crippen molar-refractivity contribution in [3.05, 3.63) is 0 Å². The highest BCUT2D eigenvalue weighted by Gasteiger charge is 2.63. The number of amides is 4. The Morgan fingerprint density at radius 1 is 1.05 bits per heavy atom. The minimum atomic E-state index is -5.91. The van der Waals surface area contributed by atoms with Crippen molar-refractivity contribution in [2.75, 3.05) is 20.2 Å². The normalized spacial score (nSPS) is 16.7. The maximum absolute atomic E-state index is 12.4. The molecule has 0 spiro atoms. The molecule has 1 fully saturated rings. The van der Waals surface area contributed by atoms with Crippen molar-refractivity contribution >= 4 is 18.0 Å². The molecular weight excluding hydrogens is 314 g/mol. The third-order valence-electron chi connectivity index (χ3n) is 2.57. The van der Waals surface area contributed by atoms with Crippen LogP contribution in [0.4, 0.5) is 35.9 Å². The predicted octanol–water partition coefficient (Wildman–Crippen LogP) is 1.76. The Balaban J connectivity index is 3.03. The Labute approximate surface area is 113 Å². The summed E-state index contributed by atoms with van der Waals surface area (Å²) in [6, 6.07) is -1.59. The van der Waals surface area contributed by atoms with Gasteiger partial charge in [0.1, 0.15) is 0 Å². The third-order valence-corrected chi connectivity index (χ3v) is 2.57. The average molecular weight is 322 g/mol. The molecule has 1 saturated heterocycles. The summed E-state index contributed by atoms with van der Waals surface area (Å²) in [4.78, 5) is 33.9. The molecule has 1 heterocycles. The van der Waals surface area contributed by atoms with E-state index < -0.39 is 49.4 Å². The van der Waals surface area contributed by atoms with Crippen LogP contribution in [0, 0.1) is 5.92 Å². The Kier molecular flexibility index (Phi) is 4.39. The van der Waals surface area contributed by atoms with Gasteiger partial charge in [0.05, 0.1) is 13.7 Å². The Morgan fingerprint density at radius 3 is 1.86 bits per heavy atom. The number of alkyl halides is 6. The molecular formula is C9H8F6N2O4. The molecule has 120 valence electrons. The van der Waals surface area contributed by atoms with Gasteiger partial charge in [-0.15, -0.1) is 0 Å². The van der Waals surface area contributed by atoms with E-state index in [4.69, 9.17) is 0 Å². The molecule has 1 rings (SSSR count). The zero-order valence-corrected chi connectivity index (χ0v) is 10.3. The molecule has 21 heavy (non-hydrogen) atoms. The predicted molar refractivity (Wildman–Crippen MR) is 51.8 cm³/mol. The van der Waals surface area contributed by atoms with Crippen LogP contribution in [-0.2, 0) is 9.53 Å². The summed E-state index contributed by atoms with van der Waals surface area (Å²) >= 11 is 0. The first-order valence-corrected chi connectivity index (χ1v) is 5.25. The van der Waals surface area contributed by atoms with Gasteiger partial charge in [0.25, 0.3) is 5.91 Å².